The Morgan fingerprint density at radius 2 is 1.81 bits per heavy atom. The molecule has 0 heterocycles. The number of aliphatic imine (C=N–C) groups is 1. The smallest absolute Gasteiger partial charge is 0.191 e. The Balaban J connectivity index is 1.58. The third kappa shape index (κ3) is 6.21. The van der Waals surface area contributed by atoms with Gasteiger partial charge in [-0.25, -0.2) is 13.4 Å². The van der Waals surface area contributed by atoms with E-state index in [9.17, 15) is 8.42 Å². The lowest BCUT2D eigenvalue weighted by molar-refractivity contribution is 0.325. The molecule has 0 amide bonds. The van der Waals surface area contributed by atoms with Crippen molar-refractivity contribution in [1.29, 1.82) is 0 Å². The fourth-order valence-electron chi connectivity index (χ4n) is 3.39. The molecule has 2 N–H and O–H groups in total. The summed E-state index contributed by atoms with van der Waals surface area (Å²) in [6.45, 7) is 6.10. The first-order valence-corrected chi connectivity index (χ1v) is 12.2. The first-order chi connectivity index (χ1) is 14.9. The number of hydrogen-bond donors (Lipinski definition) is 2. The Hall–Kier alpha value is -3.06. The molecule has 0 saturated carbocycles. The van der Waals surface area contributed by atoms with E-state index in [1.165, 1.54) is 6.26 Å². The molecule has 0 unspecified atom stereocenters. The summed E-state index contributed by atoms with van der Waals surface area (Å²) < 4.78 is 29.5. The molecular formula is C24H29N3O3S. The van der Waals surface area contributed by atoms with E-state index in [1.807, 2.05) is 37.3 Å². The van der Waals surface area contributed by atoms with Gasteiger partial charge in [0.25, 0.3) is 0 Å². The summed E-state index contributed by atoms with van der Waals surface area (Å²) in [4.78, 5) is 4.96. The van der Waals surface area contributed by atoms with Gasteiger partial charge in [-0.2, -0.15) is 0 Å². The van der Waals surface area contributed by atoms with Crippen molar-refractivity contribution < 1.29 is 13.2 Å². The van der Waals surface area contributed by atoms with E-state index in [-0.39, 0.29) is 0 Å². The van der Waals surface area contributed by atoms with E-state index in [4.69, 9.17) is 4.74 Å². The molecule has 3 aromatic rings. The Morgan fingerprint density at radius 3 is 2.55 bits per heavy atom. The minimum atomic E-state index is -3.22. The van der Waals surface area contributed by atoms with Gasteiger partial charge in [-0.1, -0.05) is 48.5 Å². The lowest BCUT2D eigenvalue weighted by atomic mass is 10.1. The molecule has 0 atom stereocenters. The van der Waals surface area contributed by atoms with Crippen LogP contribution in [-0.2, 0) is 16.4 Å². The maximum atomic E-state index is 11.8. The molecule has 31 heavy (non-hydrogen) atoms. The lowest BCUT2D eigenvalue weighted by Crippen LogP contribution is -2.39. The summed E-state index contributed by atoms with van der Waals surface area (Å²) in [7, 11) is -3.22. The number of guanidine groups is 1. The minimum absolute atomic E-state index is 0.357. The standard InChI is InChI=1S/C24H29N3O3S/c1-4-25-24(27-17-19-12-13-23(18(2)16-19)31(3,28)29)26-14-15-30-22-11-7-9-20-8-5-6-10-21(20)22/h5-13,16H,4,14-15,17H2,1-3H3,(H2,25,26,27). The van der Waals surface area contributed by atoms with Crippen molar-refractivity contribution in [3.05, 3.63) is 71.8 Å². The summed E-state index contributed by atoms with van der Waals surface area (Å²) in [5.74, 6) is 1.55. The third-order valence-electron chi connectivity index (χ3n) is 4.80. The van der Waals surface area contributed by atoms with Crippen LogP contribution < -0.4 is 15.4 Å². The molecule has 0 aromatic heterocycles. The molecule has 0 aliphatic carbocycles. The highest BCUT2D eigenvalue weighted by atomic mass is 32.2. The van der Waals surface area contributed by atoms with Crippen molar-refractivity contribution in [3.8, 4) is 5.75 Å². The van der Waals surface area contributed by atoms with Crippen LogP contribution >= 0.6 is 0 Å². The monoisotopic (exact) mass is 439 g/mol. The second-order valence-corrected chi connectivity index (χ2v) is 9.30. The number of hydrogen-bond acceptors (Lipinski definition) is 4. The third-order valence-corrected chi connectivity index (χ3v) is 6.06. The van der Waals surface area contributed by atoms with Crippen LogP contribution in [0.3, 0.4) is 0 Å². The van der Waals surface area contributed by atoms with Crippen molar-refractivity contribution in [2.75, 3.05) is 26.0 Å². The molecule has 7 heteroatoms. The van der Waals surface area contributed by atoms with E-state index < -0.39 is 9.84 Å². The maximum Gasteiger partial charge on any atom is 0.191 e. The SMILES string of the molecule is CCNC(=NCc1ccc(S(C)(=O)=O)c(C)c1)NCCOc1cccc2ccccc12. The van der Waals surface area contributed by atoms with E-state index in [0.29, 0.717) is 30.6 Å². The fourth-order valence-corrected chi connectivity index (χ4v) is 4.35. The molecule has 0 bridgehead atoms. The minimum Gasteiger partial charge on any atom is -0.491 e. The molecule has 0 fully saturated rings. The van der Waals surface area contributed by atoms with Gasteiger partial charge in [0, 0.05) is 18.2 Å². The van der Waals surface area contributed by atoms with Crippen LogP contribution in [0.25, 0.3) is 10.8 Å². The van der Waals surface area contributed by atoms with Gasteiger partial charge in [0.2, 0.25) is 0 Å². The average Bonchev–Trinajstić information content (AvgIpc) is 2.74. The predicted molar refractivity (Wildman–Crippen MR) is 127 cm³/mol. The number of rotatable bonds is 8. The highest BCUT2D eigenvalue weighted by Crippen LogP contribution is 2.24. The first kappa shape index (κ1) is 22.6. The van der Waals surface area contributed by atoms with Gasteiger partial charge < -0.3 is 15.4 Å². The molecule has 164 valence electrons. The van der Waals surface area contributed by atoms with E-state index in [1.54, 1.807) is 19.1 Å². The number of fused-ring (bicyclic) bond motifs is 1. The largest absolute Gasteiger partial charge is 0.491 e. The zero-order chi connectivity index (χ0) is 22.3. The average molecular weight is 440 g/mol. The van der Waals surface area contributed by atoms with Crippen LogP contribution in [0.15, 0.2) is 70.6 Å². The summed E-state index contributed by atoms with van der Waals surface area (Å²) in [5, 5.41) is 8.74. The van der Waals surface area contributed by atoms with Crippen molar-refractivity contribution in [3.63, 3.8) is 0 Å². The van der Waals surface area contributed by atoms with Gasteiger partial charge in [-0.15, -0.1) is 0 Å². The molecule has 3 rings (SSSR count). The molecule has 6 nitrogen and oxygen atoms in total. The molecular weight excluding hydrogens is 410 g/mol. The number of nitrogens with zero attached hydrogens (tertiary/aromatic N) is 1. The van der Waals surface area contributed by atoms with Crippen LogP contribution in [0.5, 0.6) is 5.75 Å². The van der Waals surface area contributed by atoms with Gasteiger partial charge in [0.15, 0.2) is 15.8 Å². The van der Waals surface area contributed by atoms with E-state index in [0.717, 1.165) is 34.2 Å². The summed E-state index contributed by atoms with van der Waals surface area (Å²) >= 11 is 0. The number of benzene rings is 3. The van der Waals surface area contributed by atoms with Crippen molar-refractivity contribution in [1.82, 2.24) is 10.6 Å². The highest BCUT2D eigenvalue weighted by Gasteiger charge is 2.10. The van der Waals surface area contributed by atoms with E-state index in [2.05, 4.69) is 33.8 Å². The number of sulfone groups is 1. The van der Waals surface area contributed by atoms with Crippen LogP contribution in [0, 0.1) is 6.92 Å². The van der Waals surface area contributed by atoms with E-state index >= 15 is 0 Å². The number of aryl methyl sites for hydroxylation is 1. The second-order valence-electron chi connectivity index (χ2n) is 7.32. The fraction of sp³-hybridized carbons (Fsp3) is 0.292. The number of nitrogens with one attached hydrogen (secondary N) is 2. The predicted octanol–water partition coefficient (Wildman–Crippen LogP) is 3.69. The quantitative estimate of drug-likeness (QED) is 0.318. The second kappa shape index (κ2) is 10.3. The Morgan fingerprint density at radius 1 is 1.03 bits per heavy atom. The number of ether oxygens (including phenoxy) is 1. The normalized spacial score (nSPS) is 12.0. The van der Waals surface area contributed by atoms with Gasteiger partial charge >= 0.3 is 0 Å². The molecule has 0 spiro atoms. The molecule has 0 aliphatic rings. The Bertz CT molecular complexity index is 1170. The summed E-state index contributed by atoms with van der Waals surface area (Å²) in [6.07, 6.45) is 1.22. The zero-order valence-electron chi connectivity index (χ0n) is 18.2. The Labute approximate surface area is 184 Å². The van der Waals surface area contributed by atoms with Crippen molar-refractivity contribution in [2.24, 2.45) is 4.99 Å². The first-order valence-electron chi connectivity index (χ1n) is 10.3. The lowest BCUT2D eigenvalue weighted by Gasteiger charge is -2.13. The van der Waals surface area contributed by atoms with Gasteiger partial charge in [-0.3, -0.25) is 0 Å². The molecule has 0 radical (unpaired) electrons. The van der Waals surface area contributed by atoms with Crippen LogP contribution in [0.4, 0.5) is 0 Å². The highest BCUT2D eigenvalue weighted by molar-refractivity contribution is 7.90. The molecule has 3 aromatic carbocycles. The summed E-state index contributed by atoms with van der Waals surface area (Å²) in [6, 6.07) is 19.5. The van der Waals surface area contributed by atoms with Crippen LogP contribution in [0.2, 0.25) is 0 Å². The zero-order valence-corrected chi connectivity index (χ0v) is 19.0. The van der Waals surface area contributed by atoms with Crippen molar-refractivity contribution in [2.45, 2.75) is 25.3 Å². The van der Waals surface area contributed by atoms with Gasteiger partial charge in [0.05, 0.1) is 18.0 Å². The topological polar surface area (TPSA) is 79.8 Å². The van der Waals surface area contributed by atoms with Gasteiger partial charge in [0.1, 0.15) is 12.4 Å². The van der Waals surface area contributed by atoms with Gasteiger partial charge in [-0.05, 0) is 42.5 Å². The van der Waals surface area contributed by atoms with Crippen LogP contribution in [-0.4, -0.2) is 40.3 Å². The molecule has 0 aliphatic heterocycles. The Kier molecular flexibility index (Phi) is 7.52. The maximum absolute atomic E-state index is 11.8. The molecule has 0 saturated heterocycles. The van der Waals surface area contributed by atoms with Crippen LogP contribution in [0.1, 0.15) is 18.1 Å². The summed E-state index contributed by atoms with van der Waals surface area (Å²) in [5.41, 5.74) is 1.69. The van der Waals surface area contributed by atoms with Crippen molar-refractivity contribution >= 4 is 26.6 Å².